The summed E-state index contributed by atoms with van der Waals surface area (Å²) < 4.78 is 0. The molecule has 1 heterocycles. The van der Waals surface area contributed by atoms with Gasteiger partial charge in [0.15, 0.2) is 5.78 Å². The minimum Gasteiger partial charge on any atom is -0.293 e. The Morgan fingerprint density at radius 1 is 1.15 bits per heavy atom. The van der Waals surface area contributed by atoms with Crippen LogP contribution >= 0.6 is 23.2 Å². The van der Waals surface area contributed by atoms with E-state index in [2.05, 4.69) is 9.97 Å². The van der Waals surface area contributed by atoms with Gasteiger partial charge in [-0.05, 0) is 24.1 Å². The molecule has 0 amide bonds. The van der Waals surface area contributed by atoms with E-state index in [4.69, 9.17) is 23.2 Å². The number of benzene rings is 1. The van der Waals surface area contributed by atoms with Crippen molar-refractivity contribution < 1.29 is 4.79 Å². The molecule has 104 valence electrons. The summed E-state index contributed by atoms with van der Waals surface area (Å²) in [6, 6.07) is 5.41. The SMILES string of the molecule is CC(C)(Cc1ccc(Cl)c(Cl)c1)C(=O)c1cncnc1. The topological polar surface area (TPSA) is 42.9 Å². The summed E-state index contributed by atoms with van der Waals surface area (Å²) in [5.74, 6) is 0.00386. The number of hydrogen-bond donors (Lipinski definition) is 0. The number of ketones is 1. The van der Waals surface area contributed by atoms with Crippen LogP contribution in [0.5, 0.6) is 0 Å². The van der Waals surface area contributed by atoms with Gasteiger partial charge in [0.25, 0.3) is 0 Å². The van der Waals surface area contributed by atoms with Crippen molar-refractivity contribution in [1.82, 2.24) is 9.97 Å². The van der Waals surface area contributed by atoms with Crippen LogP contribution in [0.2, 0.25) is 10.0 Å². The number of halogens is 2. The predicted molar refractivity (Wildman–Crippen MR) is 80.3 cm³/mol. The van der Waals surface area contributed by atoms with Gasteiger partial charge in [-0.25, -0.2) is 9.97 Å². The van der Waals surface area contributed by atoms with E-state index in [1.165, 1.54) is 18.7 Å². The Bertz CT molecular complexity index is 627. The number of aromatic nitrogens is 2. The molecule has 0 atom stereocenters. The lowest BCUT2D eigenvalue weighted by Gasteiger charge is -2.23. The first-order valence-corrected chi connectivity index (χ1v) is 6.89. The smallest absolute Gasteiger partial charge is 0.171 e. The van der Waals surface area contributed by atoms with Crippen molar-refractivity contribution in [2.45, 2.75) is 20.3 Å². The van der Waals surface area contributed by atoms with Gasteiger partial charge in [-0.15, -0.1) is 0 Å². The maximum Gasteiger partial charge on any atom is 0.171 e. The zero-order valence-corrected chi connectivity index (χ0v) is 12.7. The van der Waals surface area contributed by atoms with Crippen molar-refractivity contribution in [3.63, 3.8) is 0 Å². The van der Waals surface area contributed by atoms with Crippen LogP contribution in [0, 0.1) is 5.41 Å². The molecule has 0 radical (unpaired) electrons. The molecular weight excluding hydrogens is 295 g/mol. The van der Waals surface area contributed by atoms with Crippen molar-refractivity contribution in [2.75, 3.05) is 0 Å². The molecule has 0 aliphatic carbocycles. The van der Waals surface area contributed by atoms with Gasteiger partial charge >= 0.3 is 0 Å². The first kappa shape index (κ1) is 14.9. The molecule has 3 nitrogen and oxygen atoms in total. The van der Waals surface area contributed by atoms with Crippen molar-refractivity contribution >= 4 is 29.0 Å². The van der Waals surface area contributed by atoms with Crippen molar-refractivity contribution in [2.24, 2.45) is 5.41 Å². The molecule has 5 heteroatoms. The fourth-order valence-corrected chi connectivity index (χ4v) is 2.37. The van der Waals surface area contributed by atoms with Gasteiger partial charge in [-0.2, -0.15) is 0 Å². The van der Waals surface area contributed by atoms with Gasteiger partial charge in [0.2, 0.25) is 0 Å². The fourth-order valence-electron chi connectivity index (χ4n) is 2.05. The van der Waals surface area contributed by atoms with E-state index in [-0.39, 0.29) is 5.78 Å². The molecule has 20 heavy (non-hydrogen) atoms. The van der Waals surface area contributed by atoms with Gasteiger partial charge in [0.05, 0.1) is 15.6 Å². The quantitative estimate of drug-likeness (QED) is 0.794. The minimum absolute atomic E-state index is 0.00386. The van der Waals surface area contributed by atoms with E-state index in [9.17, 15) is 4.79 Å². The average Bonchev–Trinajstić information content (AvgIpc) is 2.43. The standard InChI is InChI=1S/C15H14Cl2N2O/c1-15(2,14(20)11-7-18-9-19-8-11)6-10-3-4-12(16)13(17)5-10/h3-5,7-9H,6H2,1-2H3. The van der Waals surface area contributed by atoms with Crippen LogP contribution in [0.25, 0.3) is 0 Å². The van der Waals surface area contributed by atoms with E-state index in [1.807, 2.05) is 19.9 Å². The Morgan fingerprint density at radius 3 is 2.40 bits per heavy atom. The van der Waals surface area contributed by atoms with Gasteiger partial charge in [-0.3, -0.25) is 4.79 Å². The van der Waals surface area contributed by atoms with Gasteiger partial charge in [-0.1, -0.05) is 43.1 Å². The number of carbonyl (C=O) groups excluding carboxylic acids is 1. The highest BCUT2D eigenvalue weighted by molar-refractivity contribution is 6.42. The summed E-state index contributed by atoms with van der Waals surface area (Å²) in [5.41, 5.74) is 0.911. The summed E-state index contributed by atoms with van der Waals surface area (Å²) >= 11 is 11.9. The summed E-state index contributed by atoms with van der Waals surface area (Å²) in [5, 5.41) is 1.01. The molecule has 0 N–H and O–H groups in total. The Labute approximate surface area is 128 Å². The molecule has 0 aliphatic heterocycles. The molecule has 2 aromatic rings. The molecule has 0 unspecified atom stereocenters. The third kappa shape index (κ3) is 3.35. The highest BCUT2D eigenvalue weighted by atomic mass is 35.5. The number of hydrogen-bond acceptors (Lipinski definition) is 3. The molecular formula is C15H14Cl2N2O. The van der Waals surface area contributed by atoms with Crippen molar-refractivity contribution in [3.05, 3.63) is 58.1 Å². The molecule has 1 aromatic heterocycles. The van der Waals surface area contributed by atoms with E-state index in [0.717, 1.165) is 5.56 Å². The first-order chi connectivity index (χ1) is 9.40. The summed E-state index contributed by atoms with van der Waals surface area (Å²) in [6.45, 7) is 3.79. The third-order valence-electron chi connectivity index (χ3n) is 3.07. The van der Waals surface area contributed by atoms with Crippen LogP contribution in [-0.4, -0.2) is 15.8 Å². The van der Waals surface area contributed by atoms with Crippen LogP contribution in [0.3, 0.4) is 0 Å². The highest BCUT2D eigenvalue weighted by Gasteiger charge is 2.29. The maximum absolute atomic E-state index is 12.5. The van der Waals surface area contributed by atoms with E-state index >= 15 is 0 Å². The van der Waals surface area contributed by atoms with E-state index in [1.54, 1.807) is 12.1 Å². The van der Waals surface area contributed by atoms with Crippen LogP contribution in [0.4, 0.5) is 0 Å². The number of carbonyl (C=O) groups is 1. The molecule has 0 aliphatic rings. The Kier molecular flexibility index (Phi) is 4.41. The first-order valence-electron chi connectivity index (χ1n) is 6.14. The average molecular weight is 309 g/mol. The normalized spacial score (nSPS) is 11.4. The summed E-state index contributed by atoms with van der Waals surface area (Å²) in [6.07, 6.45) is 5.04. The third-order valence-corrected chi connectivity index (χ3v) is 3.81. The second-order valence-corrected chi connectivity index (χ2v) is 6.08. The fraction of sp³-hybridized carbons (Fsp3) is 0.267. The van der Waals surface area contributed by atoms with Crippen LogP contribution in [0.15, 0.2) is 36.9 Å². The van der Waals surface area contributed by atoms with Crippen LogP contribution in [-0.2, 0) is 6.42 Å². The van der Waals surface area contributed by atoms with Gasteiger partial charge < -0.3 is 0 Å². The lowest BCUT2D eigenvalue weighted by atomic mass is 9.79. The molecule has 0 spiro atoms. The van der Waals surface area contributed by atoms with Gasteiger partial charge in [0.1, 0.15) is 6.33 Å². The molecule has 0 saturated heterocycles. The Balaban J connectivity index is 2.22. The van der Waals surface area contributed by atoms with Crippen LogP contribution < -0.4 is 0 Å². The van der Waals surface area contributed by atoms with Crippen molar-refractivity contribution in [1.29, 1.82) is 0 Å². The zero-order chi connectivity index (χ0) is 14.8. The highest BCUT2D eigenvalue weighted by Crippen LogP contribution is 2.29. The minimum atomic E-state index is -0.568. The lowest BCUT2D eigenvalue weighted by Crippen LogP contribution is -2.27. The summed E-state index contributed by atoms with van der Waals surface area (Å²) in [4.78, 5) is 20.2. The second-order valence-electron chi connectivity index (χ2n) is 5.27. The number of nitrogens with zero attached hydrogens (tertiary/aromatic N) is 2. The largest absolute Gasteiger partial charge is 0.293 e. The molecule has 0 bridgehead atoms. The molecule has 2 rings (SSSR count). The van der Waals surface area contributed by atoms with E-state index in [0.29, 0.717) is 22.0 Å². The Morgan fingerprint density at radius 2 is 1.80 bits per heavy atom. The van der Waals surface area contributed by atoms with Gasteiger partial charge in [0, 0.05) is 17.8 Å². The maximum atomic E-state index is 12.5. The monoisotopic (exact) mass is 308 g/mol. The molecule has 0 saturated carbocycles. The molecule has 1 aromatic carbocycles. The Hall–Kier alpha value is -1.45. The van der Waals surface area contributed by atoms with Crippen molar-refractivity contribution in [3.8, 4) is 0 Å². The summed E-state index contributed by atoms with van der Waals surface area (Å²) in [7, 11) is 0. The predicted octanol–water partition coefficient (Wildman–Crippen LogP) is 4.24. The number of Topliss-reactive ketones (excluding diaryl/α,β-unsaturated/α-hetero) is 1. The number of rotatable bonds is 4. The lowest BCUT2D eigenvalue weighted by molar-refractivity contribution is 0.0837. The molecule has 0 fully saturated rings. The van der Waals surface area contributed by atoms with Crippen LogP contribution in [0.1, 0.15) is 29.8 Å². The zero-order valence-electron chi connectivity index (χ0n) is 11.2. The second kappa shape index (κ2) is 5.90. The van der Waals surface area contributed by atoms with E-state index < -0.39 is 5.41 Å².